The number of rotatable bonds is 6. The van der Waals surface area contributed by atoms with Crippen LogP contribution in [0.3, 0.4) is 0 Å². The summed E-state index contributed by atoms with van der Waals surface area (Å²) in [6, 6.07) is 14.3. The van der Waals surface area contributed by atoms with E-state index in [-0.39, 0.29) is 17.6 Å². The first-order chi connectivity index (χ1) is 16.0. The van der Waals surface area contributed by atoms with Crippen molar-refractivity contribution in [1.82, 2.24) is 15.2 Å². The van der Waals surface area contributed by atoms with E-state index in [0.717, 1.165) is 30.2 Å². The standard InChI is InChI=1S/C24H29N5O4/c1-17-23(30)29(19-7-5-4-6-8-19)26-22(25-17)24(31)28-13-11-27(12-14-28)16-18-15-20(32-2)9-10-21(18)33-3/h4-10,15,17H,11-14,16H2,1-3H3,(H,25,26). The Bertz CT molecular complexity index is 1030. The van der Waals surface area contributed by atoms with E-state index in [2.05, 4.69) is 15.3 Å². The molecule has 2 aliphatic rings. The number of para-hydroxylation sites is 1. The molecule has 9 heteroatoms. The normalized spacial score (nSPS) is 19.1. The van der Waals surface area contributed by atoms with E-state index in [1.54, 1.807) is 26.0 Å². The number of carbonyl (C=O) groups excluding carboxylic acids is 2. The van der Waals surface area contributed by atoms with Gasteiger partial charge >= 0.3 is 0 Å². The maximum absolute atomic E-state index is 13.2. The summed E-state index contributed by atoms with van der Waals surface area (Å²) in [6.45, 7) is 4.98. The van der Waals surface area contributed by atoms with Crippen molar-refractivity contribution < 1.29 is 19.1 Å². The smallest absolute Gasteiger partial charge is 0.290 e. The second-order valence-electron chi connectivity index (χ2n) is 8.02. The Morgan fingerprint density at radius 3 is 2.45 bits per heavy atom. The topological polar surface area (TPSA) is 86.7 Å². The molecule has 1 N–H and O–H groups in total. The van der Waals surface area contributed by atoms with Crippen LogP contribution >= 0.6 is 0 Å². The van der Waals surface area contributed by atoms with Crippen molar-refractivity contribution in [3.63, 3.8) is 0 Å². The lowest BCUT2D eigenvalue weighted by molar-refractivity contribution is -0.126. The van der Waals surface area contributed by atoms with E-state index in [1.165, 1.54) is 5.01 Å². The number of hydrazine groups is 1. The fraction of sp³-hybridized carbons (Fsp3) is 0.375. The molecule has 2 heterocycles. The van der Waals surface area contributed by atoms with Crippen LogP contribution in [0.5, 0.6) is 11.5 Å². The number of methoxy groups -OCH3 is 2. The van der Waals surface area contributed by atoms with Crippen LogP contribution in [0, 0.1) is 0 Å². The van der Waals surface area contributed by atoms with Gasteiger partial charge in [-0.2, -0.15) is 0 Å². The van der Waals surface area contributed by atoms with Crippen LogP contribution < -0.4 is 19.9 Å². The molecule has 33 heavy (non-hydrogen) atoms. The molecule has 4 rings (SSSR count). The molecule has 2 aromatic rings. The van der Waals surface area contributed by atoms with Gasteiger partial charge in [-0.15, -0.1) is 0 Å². The molecule has 0 radical (unpaired) electrons. The van der Waals surface area contributed by atoms with Gasteiger partial charge in [0.05, 0.1) is 19.9 Å². The Kier molecular flexibility index (Phi) is 6.79. The summed E-state index contributed by atoms with van der Waals surface area (Å²) in [7, 11) is 3.30. The lowest BCUT2D eigenvalue weighted by atomic mass is 10.1. The minimum absolute atomic E-state index is 0.189. The first kappa shape index (κ1) is 22.6. The fourth-order valence-corrected chi connectivity index (χ4v) is 4.00. The molecular formula is C24H29N5O4. The second kappa shape index (κ2) is 9.91. The summed E-state index contributed by atoms with van der Waals surface area (Å²) in [6.07, 6.45) is 0. The minimum Gasteiger partial charge on any atom is -0.497 e. The number of ether oxygens (including phenoxy) is 2. The van der Waals surface area contributed by atoms with Gasteiger partial charge in [0.25, 0.3) is 11.8 Å². The van der Waals surface area contributed by atoms with Crippen molar-refractivity contribution in [2.24, 2.45) is 4.99 Å². The lowest BCUT2D eigenvalue weighted by Crippen LogP contribution is -2.60. The molecule has 1 unspecified atom stereocenters. The van der Waals surface area contributed by atoms with Gasteiger partial charge in [0.15, 0.2) is 0 Å². The van der Waals surface area contributed by atoms with Crippen molar-refractivity contribution in [3.8, 4) is 11.5 Å². The number of hydrogen-bond acceptors (Lipinski definition) is 7. The van der Waals surface area contributed by atoms with E-state index in [1.807, 2.05) is 48.5 Å². The van der Waals surface area contributed by atoms with Crippen molar-refractivity contribution in [1.29, 1.82) is 0 Å². The van der Waals surface area contributed by atoms with Crippen LogP contribution in [-0.4, -0.2) is 73.9 Å². The Balaban J connectivity index is 1.39. The number of anilines is 1. The minimum atomic E-state index is -0.632. The van der Waals surface area contributed by atoms with Gasteiger partial charge in [0, 0.05) is 38.3 Å². The molecule has 174 valence electrons. The van der Waals surface area contributed by atoms with Crippen LogP contribution in [-0.2, 0) is 16.1 Å². The predicted molar refractivity (Wildman–Crippen MR) is 125 cm³/mol. The molecule has 0 bridgehead atoms. The van der Waals surface area contributed by atoms with Gasteiger partial charge in [0.1, 0.15) is 17.5 Å². The summed E-state index contributed by atoms with van der Waals surface area (Å²) < 4.78 is 10.8. The number of piperazine rings is 1. The number of amides is 2. The molecule has 1 fully saturated rings. The van der Waals surface area contributed by atoms with Crippen LogP contribution in [0.1, 0.15) is 12.5 Å². The third-order valence-electron chi connectivity index (χ3n) is 5.88. The Morgan fingerprint density at radius 1 is 1.06 bits per heavy atom. The molecule has 1 atom stereocenters. The molecule has 2 aliphatic heterocycles. The molecule has 0 aliphatic carbocycles. The van der Waals surface area contributed by atoms with Crippen LogP contribution in [0.4, 0.5) is 5.69 Å². The first-order valence-electron chi connectivity index (χ1n) is 11.0. The highest BCUT2D eigenvalue weighted by Crippen LogP contribution is 2.25. The molecule has 0 aromatic heterocycles. The number of hydrogen-bond donors (Lipinski definition) is 1. The highest BCUT2D eigenvalue weighted by molar-refractivity contribution is 6.39. The zero-order valence-electron chi connectivity index (χ0n) is 19.2. The molecular weight excluding hydrogens is 422 g/mol. The SMILES string of the molecule is COc1ccc(OC)c(CN2CCN(C(=O)C3=NC(C)C(=O)N(c4ccccc4)N3)CC2)c1. The summed E-state index contributed by atoms with van der Waals surface area (Å²) in [5.74, 6) is 1.39. The van der Waals surface area contributed by atoms with Gasteiger partial charge in [-0.3, -0.25) is 19.9 Å². The van der Waals surface area contributed by atoms with Crippen LogP contribution in [0.25, 0.3) is 0 Å². The van der Waals surface area contributed by atoms with Crippen molar-refractivity contribution in [2.45, 2.75) is 19.5 Å². The molecule has 2 aromatic carbocycles. The molecule has 0 saturated carbocycles. The number of nitrogens with one attached hydrogen (secondary N) is 1. The number of aliphatic imine (C=N–C) groups is 1. The lowest BCUT2D eigenvalue weighted by Gasteiger charge is -2.37. The van der Waals surface area contributed by atoms with Crippen LogP contribution in [0.15, 0.2) is 53.5 Å². The third-order valence-corrected chi connectivity index (χ3v) is 5.88. The van der Waals surface area contributed by atoms with Gasteiger partial charge < -0.3 is 14.4 Å². The van der Waals surface area contributed by atoms with E-state index in [4.69, 9.17) is 9.47 Å². The molecule has 1 saturated heterocycles. The van der Waals surface area contributed by atoms with E-state index < -0.39 is 6.04 Å². The van der Waals surface area contributed by atoms with E-state index in [9.17, 15) is 9.59 Å². The zero-order chi connectivity index (χ0) is 23.4. The molecule has 9 nitrogen and oxygen atoms in total. The quantitative estimate of drug-likeness (QED) is 0.719. The third kappa shape index (κ3) is 4.93. The first-order valence-corrected chi connectivity index (χ1v) is 11.0. The van der Waals surface area contributed by atoms with Crippen LogP contribution in [0.2, 0.25) is 0 Å². The second-order valence-corrected chi connectivity index (χ2v) is 8.02. The highest BCUT2D eigenvalue weighted by atomic mass is 16.5. The van der Waals surface area contributed by atoms with Crippen molar-refractivity contribution in [2.75, 3.05) is 45.4 Å². The zero-order valence-corrected chi connectivity index (χ0v) is 19.2. The maximum atomic E-state index is 13.2. The number of amidine groups is 1. The summed E-state index contributed by atoms with van der Waals surface area (Å²) in [5.41, 5.74) is 4.64. The Labute approximate surface area is 193 Å². The number of benzene rings is 2. The number of carbonyl (C=O) groups is 2. The van der Waals surface area contributed by atoms with Gasteiger partial charge in [-0.25, -0.2) is 10.0 Å². The van der Waals surface area contributed by atoms with Gasteiger partial charge in [-0.05, 0) is 37.3 Å². The largest absolute Gasteiger partial charge is 0.497 e. The average molecular weight is 452 g/mol. The Morgan fingerprint density at radius 2 is 1.79 bits per heavy atom. The summed E-state index contributed by atoms with van der Waals surface area (Å²) >= 11 is 0. The van der Waals surface area contributed by atoms with Crippen molar-refractivity contribution in [3.05, 3.63) is 54.1 Å². The summed E-state index contributed by atoms with van der Waals surface area (Å²) in [4.78, 5) is 34.1. The Hall–Kier alpha value is -3.59. The van der Waals surface area contributed by atoms with Gasteiger partial charge in [-0.1, -0.05) is 18.2 Å². The summed E-state index contributed by atoms with van der Waals surface area (Å²) in [5, 5.41) is 1.40. The molecule has 0 spiro atoms. The number of nitrogens with zero attached hydrogens (tertiary/aromatic N) is 4. The maximum Gasteiger partial charge on any atom is 0.290 e. The van der Waals surface area contributed by atoms with E-state index >= 15 is 0 Å². The monoisotopic (exact) mass is 451 g/mol. The average Bonchev–Trinajstić information content (AvgIpc) is 2.86. The predicted octanol–water partition coefficient (Wildman–Crippen LogP) is 1.69. The van der Waals surface area contributed by atoms with Gasteiger partial charge in [0.2, 0.25) is 5.84 Å². The molecule has 2 amide bonds. The van der Waals surface area contributed by atoms with Crippen molar-refractivity contribution >= 4 is 23.3 Å². The fourth-order valence-electron chi connectivity index (χ4n) is 4.00. The highest BCUT2D eigenvalue weighted by Gasteiger charge is 2.33. The van der Waals surface area contributed by atoms with E-state index in [0.29, 0.717) is 25.3 Å².